The number of quaternary nitrogens is 1. The first-order valence-corrected chi connectivity index (χ1v) is 5.62. The molecule has 0 radical (unpaired) electrons. The third-order valence-electron chi connectivity index (χ3n) is 3.27. The Morgan fingerprint density at radius 1 is 1.06 bits per heavy atom. The molecule has 0 N–H and O–H groups in total. The second-order valence-corrected chi connectivity index (χ2v) is 5.23. The van der Waals surface area contributed by atoms with E-state index < -0.39 is 11.7 Å². The predicted octanol–water partition coefficient (Wildman–Crippen LogP) is 3.69. The first kappa shape index (κ1) is 14.0. The Balaban J connectivity index is 2.83. The molecule has 1 aromatic rings. The van der Waals surface area contributed by atoms with E-state index in [4.69, 9.17) is 0 Å². The summed E-state index contributed by atoms with van der Waals surface area (Å²) in [6.45, 7) is 4.93. The fourth-order valence-corrected chi connectivity index (χ4v) is 1.45. The van der Waals surface area contributed by atoms with E-state index in [1.807, 2.05) is 0 Å². The topological polar surface area (TPSA) is 0 Å². The largest absolute Gasteiger partial charge is 0.416 e. The molecule has 17 heavy (non-hydrogen) atoms. The molecule has 0 bridgehead atoms. The summed E-state index contributed by atoms with van der Waals surface area (Å²) in [7, 11) is 4.14. The summed E-state index contributed by atoms with van der Waals surface area (Å²) in [6, 6.07) is 5.85. The average molecular weight is 246 g/mol. The number of nitrogens with zero attached hydrogens (tertiary/aromatic N) is 1. The van der Waals surface area contributed by atoms with Gasteiger partial charge in [-0.2, -0.15) is 13.2 Å². The molecule has 0 amide bonds. The minimum atomic E-state index is -4.25. The molecule has 1 nitrogen and oxygen atoms in total. The molecule has 0 atom stereocenters. The summed E-state index contributed by atoms with van der Waals surface area (Å²) >= 11 is 0. The molecule has 0 saturated heterocycles. The summed E-state index contributed by atoms with van der Waals surface area (Å²) in [4.78, 5) is 0. The molecule has 96 valence electrons. The van der Waals surface area contributed by atoms with Crippen molar-refractivity contribution >= 4 is 0 Å². The van der Waals surface area contributed by atoms with Crippen molar-refractivity contribution < 1.29 is 17.7 Å². The second-order valence-electron chi connectivity index (χ2n) is 5.23. The lowest BCUT2D eigenvalue weighted by atomic mass is 10.1. The van der Waals surface area contributed by atoms with Gasteiger partial charge < -0.3 is 4.48 Å². The molecule has 4 heteroatoms. The molecule has 0 heterocycles. The average Bonchev–Trinajstić information content (AvgIpc) is 2.16. The van der Waals surface area contributed by atoms with Gasteiger partial charge in [0.15, 0.2) is 0 Å². The smallest absolute Gasteiger partial charge is 0.323 e. The van der Waals surface area contributed by atoms with Crippen LogP contribution in [0.5, 0.6) is 0 Å². The third kappa shape index (κ3) is 3.73. The van der Waals surface area contributed by atoms with Gasteiger partial charge >= 0.3 is 6.18 Å². The highest BCUT2D eigenvalue weighted by Gasteiger charge is 2.30. The Hall–Kier alpha value is -1.03. The zero-order valence-corrected chi connectivity index (χ0v) is 10.7. The fourth-order valence-electron chi connectivity index (χ4n) is 1.45. The van der Waals surface area contributed by atoms with Crippen LogP contribution < -0.4 is 0 Å². The minimum absolute atomic E-state index is 0.428. The van der Waals surface area contributed by atoms with Crippen LogP contribution in [0.15, 0.2) is 24.3 Å². The molecular formula is C13H19F3N+. The Bertz CT molecular complexity index is 363. The summed E-state index contributed by atoms with van der Waals surface area (Å²) in [6.07, 6.45) is -4.25. The van der Waals surface area contributed by atoms with Crippen molar-refractivity contribution in [1.29, 1.82) is 0 Å². The van der Waals surface area contributed by atoms with Gasteiger partial charge in [0.25, 0.3) is 0 Å². The first-order chi connectivity index (χ1) is 7.63. The summed E-state index contributed by atoms with van der Waals surface area (Å²) in [5.74, 6) is 0. The molecular weight excluding hydrogens is 227 g/mol. The maximum atomic E-state index is 12.4. The van der Waals surface area contributed by atoms with E-state index in [9.17, 15) is 13.2 Å². The number of benzene rings is 1. The Kier molecular flexibility index (Phi) is 3.87. The van der Waals surface area contributed by atoms with Gasteiger partial charge in [0.2, 0.25) is 0 Å². The van der Waals surface area contributed by atoms with Crippen LogP contribution in [0, 0.1) is 0 Å². The molecule has 1 aromatic carbocycles. The highest BCUT2D eigenvalue weighted by atomic mass is 19.4. The Labute approximate surface area is 100 Å². The molecule has 1 rings (SSSR count). The van der Waals surface area contributed by atoms with Gasteiger partial charge in [-0.3, -0.25) is 0 Å². The van der Waals surface area contributed by atoms with E-state index in [1.54, 1.807) is 12.1 Å². The van der Waals surface area contributed by atoms with Crippen LogP contribution in [-0.2, 0) is 12.7 Å². The molecule has 0 saturated carbocycles. The molecule has 0 aromatic heterocycles. The highest BCUT2D eigenvalue weighted by molar-refractivity contribution is 5.24. The molecule has 0 spiro atoms. The van der Waals surface area contributed by atoms with Crippen LogP contribution in [0.25, 0.3) is 0 Å². The van der Waals surface area contributed by atoms with E-state index in [0.717, 1.165) is 28.7 Å². The van der Waals surface area contributed by atoms with Crippen LogP contribution in [0.4, 0.5) is 13.2 Å². The second kappa shape index (κ2) is 4.69. The standard InChI is InChI=1S/C13H19F3N/c1-10(2)17(3,4)9-11-5-7-12(8-6-11)13(14,15)16/h5-8,10H,9H2,1-4H3/q+1. The minimum Gasteiger partial charge on any atom is -0.323 e. The van der Waals surface area contributed by atoms with Gasteiger partial charge in [-0.1, -0.05) is 12.1 Å². The van der Waals surface area contributed by atoms with Gasteiger partial charge in [-0.25, -0.2) is 0 Å². The van der Waals surface area contributed by atoms with E-state index in [1.165, 1.54) is 0 Å². The quantitative estimate of drug-likeness (QED) is 0.713. The number of halogens is 3. The number of hydrogen-bond donors (Lipinski definition) is 0. The molecule has 0 aliphatic heterocycles. The Morgan fingerprint density at radius 2 is 1.53 bits per heavy atom. The molecule has 0 unspecified atom stereocenters. The van der Waals surface area contributed by atoms with Crippen molar-refractivity contribution in [3.63, 3.8) is 0 Å². The molecule has 0 aliphatic carbocycles. The van der Waals surface area contributed by atoms with Crippen molar-refractivity contribution in [2.24, 2.45) is 0 Å². The van der Waals surface area contributed by atoms with Crippen molar-refractivity contribution in [2.45, 2.75) is 32.6 Å². The van der Waals surface area contributed by atoms with Gasteiger partial charge in [0.1, 0.15) is 6.54 Å². The maximum absolute atomic E-state index is 12.4. The fraction of sp³-hybridized carbons (Fsp3) is 0.538. The van der Waals surface area contributed by atoms with Gasteiger partial charge in [0.05, 0.1) is 25.7 Å². The highest BCUT2D eigenvalue weighted by Crippen LogP contribution is 2.29. The molecule has 0 aliphatic rings. The lowest BCUT2D eigenvalue weighted by Crippen LogP contribution is -2.44. The van der Waals surface area contributed by atoms with Crippen molar-refractivity contribution in [3.8, 4) is 0 Å². The zero-order valence-electron chi connectivity index (χ0n) is 10.7. The summed E-state index contributed by atoms with van der Waals surface area (Å²) in [5, 5.41) is 0. The number of alkyl halides is 3. The van der Waals surface area contributed by atoms with E-state index in [0.29, 0.717) is 6.04 Å². The normalized spacial score (nSPS) is 13.2. The lowest BCUT2D eigenvalue weighted by molar-refractivity contribution is -0.924. The van der Waals surface area contributed by atoms with Crippen LogP contribution in [0.3, 0.4) is 0 Å². The maximum Gasteiger partial charge on any atom is 0.416 e. The van der Waals surface area contributed by atoms with Gasteiger partial charge in [-0.05, 0) is 26.0 Å². The van der Waals surface area contributed by atoms with Gasteiger partial charge in [-0.15, -0.1) is 0 Å². The predicted molar refractivity (Wildman–Crippen MR) is 62.4 cm³/mol. The lowest BCUT2D eigenvalue weighted by Gasteiger charge is -2.34. The van der Waals surface area contributed by atoms with E-state index >= 15 is 0 Å². The van der Waals surface area contributed by atoms with Crippen molar-refractivity contribution in [3.05, 3.63) is 35.4 Å². The van der Waals surface area contributed by atoms with Gasteiger partial charge in [0, 0.05) is 5.56 Å². The van der Waals surface area contributed by atoms with E-state index in [-0.39, 0.29) is 0 Å². The zero-order chi connectivity index (χ0) is 13.3. The SMILES string of the molecule is CC(C)[N+](C)(C)Cc1ccc(C(F)(F)F)cc1. The van der Waals surface area contributed by atoms with Crippen LogP contribution >= 0.6 is 0 Å². The van der Waals surface area contributed by atoms with Crippen LogP contribution in [-0.4, -0.2) is 24.6 Å². The third-order valence-corrected chi connectivity index (χ3v) is 3.27. The van der Waals surface area contributed by atoms with Crippen LogP contribution in [0.2, 0.25) is 0 Å². The summed E-state index contributed by atoms with van der Waals surface area (Å²) < 4.78 is 37.9. The Morgan fingerprint density at radius 3 is 1.88 bits per heavy atom. The van der Waals surface area contributed by atoms with Crippen molar-refractivity contribution in [1.82, 2.24) is 0 Å². The van der Waals surface area contributed by atoms with Crippen LogP contribution in [0.1, 0.15) is 25.0 Å². The molecule has 0 fully saturated rings. The summed E-state index contributed by atoms with van der Waals surface area (Å²) in [5.41, 5.74) is 0.341. The number of hydrogen-bond acceptors (Lipinski definition) is 0. The van der Waals surface area contributed by atoms with Crippen molar-refractivity contribution in [2.75, 3.05) is 14.1 Å². The monoisotopic (exact) mass is 246 g/mol. The number of rotatable bonds is 3. The first-order valence-electron chi connectivity index (χ1n) is 5.62. The van der Waals surface area contributed by atoms with E-state index in [2.05, 4.69) is 27.9 Å².